The minimum atomic E-state index is -0.231. The highest BCUT2D eigenvalue weighted by Gasteiger charge is 2.20. The molecule has 2 aromatic rings. The molecule has 8 heteroatoms. The van der Waals surface area contributed by atoms with Gasteiger partial charge < -0.3 is 10.5 Å². The normalized spacial score (nSPS) is 16.2. The van der Waals surface area contributed by atoms with E-state index in [-0.39, 0.29) is 31.0 Å². The Labute approximate surface area is 149 Å². The second-order valence-corrected chi connectivity index (χ2v) is 6.70. The predicted octanol–water partition coefficient (Wildman–Crippen LogP) is 3.05. The van der Waals surface area contributed by atoms with Gasteiger partial charge in [0, 0.05) is 15.9 Å². The number of hydrogen-bond acceptors (Lipinski definition) is 5. The average molecular weight is 374 g/mol. The van der Waals surface area contributed by atoms with Crippen LogP contribution in [0.5, 0.6) is 5.75 Å². The van der Waals surface area contributed by atoms with E-state index in [9.17, 15) is 4.79 Å². The van der Waals surface area contributed by atoms with Gasteiger partial charge in [-0.3, -0.25) is 10.1 Å². The average Bonchev–Trinajstić information content (AvgIpc) is 2.88. The number of ether oxygens (including phenoxy) is 1. The number of halogens is 2. The number of aromatic nitrogens is 1. The number of carbonyl (C=O) groups excluding carboxylic acids is 1. The molecule has 1 heterocycles. The van der Waals surface area contributed by atoms with Crippen LogP contribution in [0, 0.1) is 0 Å². The number of aryl methyl sites for hydroxylation is 1. The summed E-state index contributed by atoms with van der Waals surface area (Å²) in [5.74, 6) is 0.370. The third kappa shape index (κ3) is 4.81. The largest absolute Gasteiger partial charge is 0.484 e. The standard InChI is InChI=1S/C15H16ClN3O2S.ClH/c16-9-1-4-11(5-2-9)21-8-14(20)19-15-18-12-6-3-10(17)7-13(12)22-15;/h1-2,4-5,10H,3,6-8,17H2,(H,18,19,20);1H/t10-;/m0./s1. The van der Waals surface area contributed by atoms with Gasteiger partial charge in [0.25, 0.3) is 5.91 Å². The third-order valence-corrected chi connectivity index (χ3v) is 4.70. The second kappa shape index (κ2) is 7.97. The summed E-state index contributed by atoms with van der Waals surface area (Å²) < 4.78 is 5.40. The first-order valence-electron chi connectivity index (χ1n) is 7.02. The summed E-state index contributed by atoms with van der Waals surface area (Å²) in [6, 6.07) is 7.07. The minimum absolute atomic E-state index is 0. The van der Waals surface area contributed by atoms with Crippen molar-refractivity contribution in [1.82, 2.24) is 4.98 Å². The van der Waals surface area contributed by atoms with E-state index in [0.717, 1.165) is 25.0 Å². The Hall–Kier alpha value is -1.34. The van der Waals surface area contributed by atoms with Crippen LogP contribution < -0.4 is 15.8 Å². The van der Waals surface area contributed by atoms with Gasteiger partial charge in [0.1, 0.15) is 5.75 Å². The van der Waals surface area contributed by atoms with Crippen LogP contribution in [0.25, 0.3) is 0 Å². The van der Waals surface area contributed by atoms with Gasteiger partial charge in [-0.1, -0.05) is 11.6 Å². The number of rotatable bonds is 4. The fourth-order valence-electron chi connectivity index (χ4n) is 2.29. The fourth-order valence-corrected chi connectivity index (χ4v) is 3.53. The number of amides is 1. The van der Waals surface area contributed by atoms with E-state index in [1.54, 1.807) is 24.3 Å². The molecule has 0 spiro atoms. The van der Waals surface area contributed by atoms with Gasteiger partial charge in [-0.05, 0) is 43.5 Å². The molecule has 1 aromatic carbocycles. The van der Waals surface area contributed by atoms with Gasteiger partial charge in [0.2, 0.25) is 0 Å². The molecule has 0 aliphatic heterocycles. The lowest BCUT2D eigenvalue weighted by Gasteiger charge is -2.15. The monoisotopic (exact) mass is 373 g/mol. The molecule has 1 aliphatic carbocycles. The first-order valence-corrected chi connectivity index (χ1v) is 8.22. The quantitative estimate of drug-likeness (QED) is 0.863. The molecule has 0 bridgehead atoms. The van der Waals surface area contributed by atoms with E-state index in [2.05, 4.69) is 10.3 Å². The Morgan fingerprint density at radius 1 is 1.43 bits per heavy atom. The molecule has 124 valence electrons. The van der Waals surface area contributed by atoms with E-state index < -0.39 is 0 Å². The molecular formula is C15H17Cl2N3O2S. The number of anilines is 1. The Bertz CT molecular complexity index is 676. The van der Waals surface area contributed by atoms with Gasteiger partial charge in [-0.15, -0.1) is 23.7 Å². The van der Waals surface area contributed by atoms with Gasteiger partial charge in [0.15, 0.2) is 11.7 Å². The summed E-state index contributed by atoms with van der Waals surface area (Å²) in [6.45, 7) is -0.0641. The van der Waals surface area contributed by atoms with Gasteiger partial charge in [0.05, 0.1) is 5.69 Å². The molecule has 1 atom stereocenters. The molecule has 1 amide bonds. The van der Waals surface area contributed by atoms with Crippen molar-refractivity contribution in [1.29, 1.82) is 0 Å². The lowest BCUT2D eigenvalue weighted by atomic mass is 9.99. The molecule has 3 rings (SSSR count). The number of carbonyl (C=O) groups is 1. The van der Waals surface area contributed by atoms with Crippen LogP contribution in [0.15, 0.2) is 24.3 Å². The zero-order chi connectivity index (χ0) is 15.5. The van der Waals surface area contributed by atoms with Crippen LogP contribution in [0.1, 0.15) is 17.0 Å². The third-order valence-electron chi connectivity index (χ3n) is 3.41. The molecule has 1 aliphatic rings. The van der Waals surface area contributed by atoms with Crippen molar-refractivity contribution in [2.75, 3.05) is 11.9 Å². The Morgan fingerprint density at radius 2 is 2.17 bits per heavy atom. The van der Waals surface area contributed by atoms with E-state index in [1.807, 2.05) is 0 Å². The molecular weight excluding hydrogens is 357 g/mol. The minimum Gasteiger partial charge on any atom is -0.484 e. The van der Waals surface area contributed by atoms with Crippen molar-refractivity contribution in [3.63, 3.8) is 0 Å². The lowest BCUT2D eigenvalue weighted by Crippen LogP contribution is -2.27. The number of thiazole rings is 1. The summed E-state index contributed by atoms with van der Waals surface area (Å²) in [7, 11) is 0. The number of nitrogens with two attached hydrogens (primary N) is 1. The van der Waals surface area contributed by atoms with Gasteiger partial charge in [-0.25, -0.2) is 4.98 Å². The number of fused-ring (bicyclic) bond motifs is 1. The maximum absolute atomic E-state index is 11.9. The Morgan fingerprint density at radius 3 is 2.91 bits per heavy atom. The molecule has 23 heavy (non-hydrogen) atoms. The number of hydrogen-bond donors (Lipinski definition) is 2. The van der Waals surface area contributed by atoms with Crippen LogP contribution >= 0.6 is 35.3 Å². The molecule has 1 aromatic heterocycles. The smallest absolute Gasteiger partial charge is 0.264 e. The van der Waals surface area contributed by atoms with E-state index >= 15 is 0 Å². The fraction of sp³-hybridized carbons (Fsp3) is 0.333. The predicted molar refractivity (Wildman–Crippen MR) is 94.9 cm³/mol. The molecule has 5 nitrogen and oxygen atoms in total. The Kier molecular flexibility index (Phi) is 6.24. The highest BCUT2D eigenvalue weighted by Crippen LogP contribution is 2.29. The summed E-state index contributed by atoms with van der Waals surface area (Å²) in [4.78, 5) is 17.5. The van der Waals surface area contributed by atoms with Crippen LogP contribution in [0.3, 0.4) is 0 Å². The van der Waals surface area contributed by atoms with E-state index in [0.29, 0.717) is 15.9 Å². The Balaban J connectivity index is 0.00000192. The SMILES string of the molecule is Cl.N[C@H]1CCc2nc(NC(=O)COc3ccc(Cl)cc3)sc2C1. The van der Waals surface area contributed by atoms with E-state index in [4.69, 9.17) is 22.1 Å². The highest BCUT2D eigenvalue weighted by molar-refractivity contribution is 7.15. The van der Waals surface area contributed by atoms with Crippen LogP contribution in [0.4, 0.5) is 5.13 Å². The number of nitrogens with zero attached hydrogens (tertiary/aromatic N) is 1. The first kappa shape index (κ1) is 18.0. The number of nitrogens with one attached hydrogen (secondary N) is 1. The zero-order valence-electron chi connectivity index (χ0n) is 12.3. The van der Waals surface area contributed by atoms with Crippen molar-refractivity contribution >= 4 is 46.4 Å². The molecule has 0 saturated carbocycles. The van der Waals surface area contributed by atoms with Crippen molar-refractivity contribution in [2.45, 2.75) is 25.3 Å². The van der Waals surface area contributed by atoms with Crippen LogP contribution in [0.2, 0.25) is 5.02 Å². The van der Waals surface area contributed by atoms with Crippen molar-refractivity contribution in [3.8, 4) is 5.75 Å². The van der Waals surface area contributed by atoms with Gasteiger partial charge in [-0.2, -0.15) is 0 Å². The first-order chi connectivity index (χ1) is 10.6. The lowest BCUT2D eigenvalue weighted by molar-refractivity contribution is -0.118. The van der Waals surface area contributed by atoms with Crippen molar-refractivity contribution < 1.29 is 9.53 Å². The second-order valence-electron chi connectivity index (χ2n) is 5.18. The van der Waals surface area contributed by atoms with E-state index in [1.165, 1.54) is 16.2 Å². The summed E-state index contributed by atoms with van der Waals surface area (Å²) >= 11 is 7.29. The maximum Gasteiger partial charge on any atom is 0.264 e. The zero-order valence-corrected chi connectivity index (χ0v) is 14.6. The number of benzene rings is 1. The summed E-state index contributed by atoms with van der Waals surface area (Å²) in [5.41, 5.74) is 7.00. The summed E-state index contributed by atoms with van der Waals surface area (Å²) in [6.07, 6.45) is 2.66. The molecule has 0 unspecified atom stereocenters. The summed E-state index contributed by atoms with van der Waals surface area (Å²) in [5, 5.41) is 4.01. The van der Waals surface area contributed by atoms with Crippen molar-refractivity contribution in [2.24, 2.45) is 5.73 Å². The molecule has 0 fully saturated rings. The molecule has 0 saturated heterocycles. The maximum atomic E-state index is 11.9. The van der Waals surface area contributed by atoms with Gasteiger partial charge >= 0.3 is 0 Å². The molecule has 0 radical (unpaired) electrons. The van der Waals surface area contributed by atoms with Crippen LogP contribution in [-0.4, -0.2) is 23.5 Å². The molecule has 3 N–H and O–H groups in total. The van der Waals surface area contributed by atoms with Crippen LogP contribution in [-0.2, 0) is 17.6 Å². The van der Waals surface area contributed by atoms with Crippen molar-refractivity contribution in [3.05, 3.63) is 39.9 Å². The topological polar surface area (TPSA) is 77.2 Å². The highest BCUT2D eigenvalue weighted by atomic mass is 35.5.